The lowest BCUT2D eigenvalue weighted by Crippen LogP contribution is -2.35. The van der Waals surface area contributed by atoms with E-state index >= 15 is 0 Å². The Kier molecular flexibility index (Phi) is 10.1. The van der Waals surface area contributed by atoms with Crippen LogP contribution in [0.1, 0.15) is 35.7 Å². The number of tetrazole rings is 1. The summed E-state index contributed by atoms with van der Waals surface area (Å²) in [5.41, 5.74) is 3.45. The Hall–Kier alpha value is -4.72. The maximum absolute atomic E-state index is 13.3. The number of aliphatic hydroxyl groups is 1. The predicted octanol–water partition coefficient (Wildman–Crippen LogP) is 3.00. The molecule has 1 fully saturated rings. The van der Waals surface area contributed by atoms with Gasteiger partial charge in [-0.05, 0) is 58.3 Å². The molecule has 3 heterocycles. The van der Waals surface area contributed by atoms with E-state index in [1.807, 2.05) is 0 Å². The fourth-order valence-corrected chi connectivity index (χ4v) is 5.21. The highest BCUT2D eigenvalue weighted by atomic mass is 35.5. The van der Waals surface area contributed by atoms with Crippen LogP contribution < -0.4 is 5.32 Å². The molecule has 2 amide bonds. The quantitative estimate of drug-likeness (QED) is 0.192. The van der Waals surface area contributed by atoms with E-state index in [0.29, 0.717) is 46.1 Å². The van der Waals surface area contributed by atoms with E-state index in [-0.39, 0.29) is 36.4 Å². The number of amides is 2. The average molecular weight is 652 g/mol. The standard InChI is InChI=1S/C30H28Cl2N8O5/c1-45-29(44)12-18-2-4-19(5-3-18)23-14-25(35-36-30(23)32)24(15-28(43)39-11-10-22(41)16-39)34-27(42)9-6-20-13-21(31)7-8-26(20)40-17-33-37-38-40/h2-9,13-14,17,22,24,41H,10-12,15-16H2,1H3,(H,34,42)/b9-6+/t22-,24+/m1/s1. The molecule has 2 N–H and O–H groups in total. The summed E-state index contributed by atoms with van der Waals surface area (Å²) in [6, 6.07) is 13.0. The molecule has 0 unspecified atom stereocenters. The molecule has 2 atom stereocenters. The topological polar surface area (TPSA) is 165 Å². The van der Waals surface area contributed by atoms with Gasteiger partial charge in [0.05, 0.1) is 43.5 Å². The fourth-order valence-electron chi connectivity index (χ4n) is 4.83. The number of nitrogens with one attached hydrogen (secondary N) is 1. The van der Waals surface area contributed by atoms with E-state index in [9.17, 15) is 19.5 Å². The summed E-state index contributed by atoms with van der Waals surface area (Å²) in [5.74, 6) is -1.14. The Morgan fingerprint density at radius 3 is 2.62 bits per heavy atom. The number of rotatable bonds is 10. The molecule has 13 nitrogen and oxygen atoms in total. The smallest absolute Gasteiger partial charge is 0.309 e. The Labute approximate surface area is 267 Å². The van der Waals surface area contributed by atoms with Crippen molar-refractivity contribution in [2.75, 3.05) is 20.2 Å². The van der Waals surface area contributed by atoms with Gasteiger partial charge in [-0.2, -0.15) is 9.78 Å². The van der Waals surface area contributed by atoms with Crippen LogP contribution in [-0.4, -0.2) is 84.5 Å². The van der Waals surface area contributed by atoms with Gasteiger partial charge in [0.1, 0.15) is 6.33 Å². The molecule has 0 aliphatic carbocycles. The molecule has 1 aliphatic heterocycles. The van der Waals surface area contributed by atoms with Crippen LogP contribution in [-0.2, 0) is 25.5 Å². The van der Waals surface area contributed by atoms with E-state index in [1.165, 1.54) is 24.2 Å². The Morgan fingerprint density at radius 1 is 1.13 bits per heavy atom. The van der Waals surface area contributed by atoms with Crippen LogP contribution in [0.3, 0.4) is 0 Å². The van der Waals surface area contributed by atoms with Crippen LogP contribution in [0.4, 0.5) is 0 Å². The highest BCUT2D eigenvalue weighted by Crippen LogP contribution is 2.30. The lowest BCUT2D eigenvalue weighted by atomic mass is 10.0. The van der Waals surface area contributed by atoms with Crippen molar-refractivity contribution in [2.45, 2.75) is 31.4 Å². The maximum atomic E-state index is 13.3. The predicted molar refractivity (Wildman–Crippen MR) is 164 cm³/mol. The van der Waals surface area contributed by atoms with Crippen molar-refractivity contribution in [3.05, 3.63) is 87.9 Å². The molecule has 2 aromatic heterocycles. The zero-order chi connectivity index (χ0) is 31.9. The molecule has 0 bridgehead atoms. The van der Waals surface area contributed by atoms with E-state index in [1.54, 1.807) is 59.5 Å². The van der Waals surface area contributed by atoms with Crippen molar-refractivity contribution in [3.8, 4) is 16.8 Å². The number of halogens is 2. The summed E-state index contributed by atoms with van der Waals surface area (Å²) < 4.78 is 6.17. The number of benzene rings is 2. The molecule has 0 radical (unpaired) electrons. The number of esters is 1. The summed E-state index contributed by atoms with van der Waals surface area (Å²) >= 11 is 12.6. The summed E-state index contributed by atoms with van der Waals surface area (Å²) in [7, 11) is 1.33. The molecule has 1 saturated heterocycles. The largest absolute Gasteiger partial charge is 0.469 e. The van der Waals surface area contributed by atoms with Crippen molar-refractivity contribution in [1.82, 2.24) is 40.6 Å². The number of carbonyl (C=O) groups excluding carboxylic acids is 3. The first-order valence-corrected chi connectivity index (χ1v) is 14.6. The summed E-state index contributed by atoms with van der Waals surface area (Å²) in [5, 5.41) is 32.9. The molecule has 5 rings (SSSR count). The minimum atomic E-state index is -0.882. The average Bonchev–Trinajstić information content (AvgIpc) is 3.73. The van der Waals surface area contributed by atoms with Crippen molar-refractivity contribution in [1.29, 1.82) is 0 Å². The minimum Gasteiger partial charge on any atom is -0.469 e. The van der Waals surface area contributed by atoms with Gasteiger partial charge in [0.25, 0.3) is 0 Å². The highest BCUT2D eigenvalue weighted by Gasteiger charge is 2.28. The molecule has 0 spiro atoms. The van der Waals surface area contributed by atoms with E-state index < -0.39 is 18.1 Å². The van der Waals surface area contributed by atoms with Crippen molar-refractivity contribution >= 4 is 47.1 Å². The van der Waals surface area contributed by atoms with Crippen LogP contribution in [0.25, 0.3) is 22.9 Å². The first kappa shape index (κ1) is 31.7. The van der Waals surface area contributed by atoms with Gasteiger partial charge in [0.15, 0.2) is 5.15 Å². The number of β-amino-alcohol motifs (C(OH)–C–C–N with tert-alkyl or cyclic N) is 1. The third-order valence-electron chi connectivity index (χ3n) is 7.18. The lowest BCUT2D eigenvalue weighted by Gasteiger charge is -2.22. The molecule has 15 heteroatoms. The van der Waals surface area contributed by atoms with Crippen LogP contribution in [0.15, 0.2) is 60.9 Å². The molecular weight excluding hydrogens is 623 g/mol. The first-order chi connectivity index (χ1) is 21.7. The van der Waals surface area contributed by atoms with E-state index in [2.05, 4.69) is 31.0 Å². The van der Waals surface area contributed by atoms with Crippen LogP contribution in [0, 0.1) is 0 Å². The summed E-state index contributed by atoms with van der Waals surface area (Å²) in [4.78, 5) is 39.7. The number of aromatic nitrogens is 6. The number of hydrogen-bond donors (Lipinski definition) is 2. The Bertz CT molecular complexity index is 1720. The maximum Gasteiger partial charge on any atom is 0.309 e. The second-order valence-corrected chi connectivity index (χ2v) is 11.1. The zero-order valence-corrected chi connectivity index (χ0v) is 25.5. The van der Waals surface area contributed by atoms with E-state index in [4.69, 9.17) is 27.9 Å². The number of hydrogen-bond acceptors (Lipinski definition) is 10. The summed E-state index contributed by atoms with van der Waals surface area (Å²) in [6.07, 6.45) is 4.15. The van der Waals surface area contributed by atoms with Gasteiger partial charge in [-0.1, -0.05) is 47.5 Å². The van der Waals surface area contributed by atoms with Crippen molar-refractivity contribution in [3.63, 3.8) is 0 Å². The fraction of sp³-hybridized carbons (Fsp3) is 0.267. The molecule has 2 aromatic carbocycles. The number of aliphatic hydroxyl groups excluding tert-OH is 1. The number of nitrogens with zero attached hydrogens (tertiary/aromatic N) is 7. The molecule has 4 aromatic rings. The Morgan fingerprint density at radius 2 is 1.93 bits per heavy atom. The normalized spacial score (nSPS) is 15.3. The lowest BCUT2D eigenvalue weighted by molar-refractivity contribution is -0.139. The van der Waals surface area contributed by atoms with Gasteiger partial charge in [-0.3, -0.25) is 14.4 Å². The molecular formula is C30H28Cl2N8O5. The summed E-state index contributed by atoms with van der Waals surface area (Å²) in [6.45, 7) is 0.619. The number of methoxy groups -OCH3 is 1. The minimum absolute atomic E-state index is 0.117. The molecule has 232 valence electrons. The Balaban J connectivity index is 1.41. The zero-order valence-electron chi connectivity index (χ0n) is 24.0. The number of likely N-dealkylation sites (tertiary alicyclic amines) is 1. The van der Waals surface area contributed by atoms with Gasteiger partial charge >= 0.3 is 5.97 Å². The monoisotopic (exact) mass is 650 g/mol. The van der Waals surface area contributed by atoms with E-state index in [0.717, 1.165) is 5.56 Å². The third-order valence-corrected chi connectivity index (χ3v) is 7.69. The van der Waals surface area contributed by atoms with Crippen LogP contribution >= 0.6 is 23.2 Å². The van der Waals surface area contributed by atoms with Gasteiger partial charge in [0, 0.05) is 35.3 Å². The SMILES string of the molecule is COC(=O)Cc1ccc(-c2cc([C@H](CC(=O)N3CC[C@@H](O)C3)NC(=O)/C=C/c3cc(Cl)ccc3-n3cnnn3)nnc2Cl)cc1. The molecule has 0 saturated carbocycles. The number of carbonyl (C=O) groups is 3. The molecule has 1 aliphatic rings. The molecule has 45 heavy (non-hydrogen) atoms. The van der Waals surface area contributed by atoms with Gasteiger partial charge in [0.2, 0.25) is 11.8 Å². The second kappa shape index (κ2) is 14.4. The highest BCUT2D eigenvalue weighted by molar-refractivity contribution is 6.32. The van der Waals surface area contributed by atoms with Crippen LogP contribution in [0.5, 0.6) is 0 Å². The van der Waals surface area contributed by atoms with Crippen molar-refractivity contribution in [2.24, 2.45) is 0 Å². The van der Waals surface area contributed by atoms with Gasteiger partial charge in [-0.25, -0.2) is 0 Å². The van der Waals surface area contributed by atoms with Crippen molar-refractivity contribution < 1.29 is 24.2 Å². The third kappa shape index (κ3) is 8.06. The van der Waals surface area contributed by atoms with Gasteiger partial charge < -0.3 is 20.1 Å². The number of ether oxygens (including phenoxy) is 1. The van der Waals surface area contributed by atoms with Gasteiger partial charge in [-0.15, -0.1) is 10.2 Å². The van der Waals surface area contributed by atoms with Crippen LogP contribution in [0.2, 0.25) is 10.2 Å². The first-order valence-electron chi connectivity index (χ1n) is 13.9. The second-order valence-electron chi connectivity index (χ2n) is 10.3.